The fourth-order valence-electron chi connectivity index (χ4n) is 2.77. The molecule has 8 heteroatoms. The lowest BCUT2D eigenvalue weighted by Crippen LogP contribution is -2.14. The van der Waals surface area contributed by atoms with Crippen molar-refractivity contribution >= 4 is 29.1 Å². The van der Waals surface area contributed by atoms with Gasteiger partial charge in [-0.05, 0) is 56.4 Å². The number of methoxy groups -OCH3 is 1. The Kier molecular flexibility index (Phi) is 5.41. The highest BCUT2D eigenvalue weighted by Crippen LogP contribution is 2.19. The van der Waals surface area contributed by atoms with Crippen LogP contribution >= 0.6 is 11.8 Å². The largest absolute Gasteiger partial charge is 0.497 e. The van der Waals surface area contributed by atoms with Crippen LogP contribution in [0.25, 0.3) is 5.78 Å². The number of aryl methyl sites for hydroxylation is 2. The third-order valence-electron chi connectivity index (χ3n) is 4.19. The van der Waals surface area contributed by atoms with Gasteiger partial charge >= 0.3 is 0 Å². The maximum atomic E-state index is 12.3. The molecule has 0 aliphatic carbocycles. The molecule has 1 N–H and O–H groups in total. The van der Waals surface area contributed by atoms with Crippen LogP contribution < -0.4 is 10.1 Å². The van der Waals surface area contributed by atoms with E-state index >= 15 is 0 Å². The molecular weight excluding hydrogens is 350 g/mol. The molecule has 0 atom stereocenters. The molecular formula is C18H21N5O2S. The van der Waals surface area contributed by atoms with Crippen molar-refractivity contribution in [1.29, 1.82) is 0 Å². The number of anilines is 1. The van der Waals surface area contributed by atoms with Gasteiger partial charge in [0.05, 0.1) is 7.11 Å². The van der Waals surface area contributed by atoms with E-state index in [-0.39, 0.29) is 5.91 Å². The normalized spacial score (nSPS) is 10.9. The number of hydrogen-bond donors (Lipinski definition) is 1. The second-order valence-electron chi connectivity index (χ2n) is 5.85. The molecule has 7 nitrogen and oxygen atoms in total. The molecule has 3 aromatic rings. The van der Waals surface area contributed by atoms with Crippen LogP contribution in [-0.4, -0.2) is 38.9 Å². The van der Waals surface area contributed by atoms with Crippen LogP contribution in [0, 0.1) is 13.8 Å². The van der Waals surface area contributed by atoms with Crippen LogP contribution in [0.15, 0.2) is 29.4 Å². The molecule has 0 fully saturated rings. The van der Waals surface area contributed by atoms with Gasteiger partial charge in [0.15, 0.2) is 0 Å². The number of carbonyl (C=O) groups excluding carboxylic acids is 1. The van der Waals surface area contributed by atoms with Gasteiger partial charge in [-0.2, -0.15) is 4.98 Å². The summed E-state index contributed by atoms with van der Waals surface area (Å²) in [5.74, 6) is 1.30. The van der Waals surface area contributed by atoms with E-state index in [1.54, 1.807) is 11.6 Å². The molecule has 3 rings (SSSR count). The highest BCUT2D eigenvalue weighted by molar-refractivity contribution is 7.98. The molecule has 0 bridgehead atoms. The molecule has 0 saturated heterocycles. The van der Waals surface area contributed by atoms with Crippen LogP contribution in [0.3, 0.4) is 0 Å². The minimum Gasteiger partial charge on any atom is -0.497 e. The Hall–Kier alpha value is -2.61. The van der Waals surface area contributed by atoms with Crippen molar-refractivity contribution in [2.45, 2.75) is 31.8 Å². The monoisotopic (exact) mass is 371 g/mol. The van der Waals surface area contributed by atoms with Crippen molar-refractivity contribution in [2.75, 3.05) is 18.7 Å². The molecule has 0 spiro atoms. The average molecular weight is 371 g/mol. The third kappa shape index (κ3) is 3.80. The van der Waals surface area contributed by atoms with E-state index in [9.17, 15) is 4.79 Å². The van der Waals surface area contributed by atoms with Crippen molar-refractivity contribution in [3.63, 3.8) is 0 Å². The molecule has 2 aromatic heterocycles. The highest BCUT2D eigenvalue weighted by atomic mass is 32.2. The number of rotatable bonds is 6. The lowest BCUT2D eigenvalue weighted by Gasteiger charge is -2.10. The Balaban J connectivity index is 1.71. The number of fused-ring (bicyclic) bond motifs is 1. The molecule has 0 unspecified atom stereocenters. The number of amides is 1. The first-order valence-electron chi connectivity index (χ1n) is 8.22. The van der Waals surface area contributed by atoms with Gasteiger partial charge < -0.3 is 10.1 Å². The predicted octanol–water partition coefficient (Wildman–Crippen LogP) is 3.04. The summed E-state index contributed by atoms with van der Waals surface area (Å²) in [4.78, 5) is 21.2. The summed E-state index contributed by atoms with van der Waals surface area (Å²) in [7, 11) is 1.61. The van der Waals surface area contributed by atoms with Crippen LogP contribution in [-0.2, 0) is 11.2 Å². The Morgan fingerprint density at radius 1 is 1.23 bits per heavy atom. The zero-order valence-corrected chi connectivity index (χ0v) is 16.1. The van der Waals surface area contributed by atoms with E-state index in [1.165, 1.54) is 11.8 Å². The summed E-state index contributed by atoms with van der Waals surface area (Å²) in [6, 6.07) is 7.27. The fourth-order valence-corrected chi connectivity index (χ4v) is 3.11. The molecule has 0 saturated carbocycles. The number of carbonyl (C=O) groups is 1. The molecule has 0 aliphatic rings. The molecule has 1 aromatic carbocycles. The van der Waals surface area contributed by atoms with E-state index in [0.29, 0.717) is 23.8 Å². The van der Waals surface area contributed by atoms with Gasteiger partial charge in [0.25, 0.3) is 5.78 Å². The molecule has 0 aliphatic heterocycles. The van der Waals surface area contributed by atoms with E-state index in [1.807, 2.05) is 44.4 Å². The number of hydrogen-bond acceptors (Lipinski definition) is 6. The van der Waals surface area contributed by atoms with Crippen molar-refractivity contribution in [1.82, 2.24) is 19.6 Å². The Morgan fingerprint density at radius 3 is 2.62 bits per heavy atom. The quantitative estimate of drug-likeness (QED) is 0.671. The van der Waals surface area contributed by atoms with E-state index < -0.39 is 0 Å². The average Bonchev–Trinajstić information content (AvgIpc) is 3.05. The van der Waals surface area contributed by atoms with Gasteiger partial charge in [-0.15, -0.1) is 5.10 Å². The predicted molar refractivity (Wildman–Crippen MR) is 102 cm³/mol. The fraction of sp³-hybridized carbons (Fsp3) is 0.333. The van der Waals surface area contributed by atoms with E-state index in [2.05, 4.69) is 20.4 Å². The second-order valence-corrected chi connectivity index (χ2v) is 6.62. The smallest absolute Gasteiger partial charge is 0.253 e. The maximum absolute atomic E-state index is 12.3. The number of nitrogens with one attached hydrogen (secondary N) is 1. The molecule has 1 amide bonds. The van der Waals surface area contributed by atoms with Gasteiger partial charge in [-0.1, -0.05) is 11.8 Å². The number of thioether (sulfide) groups is 1. The standard InChI is InChI=1S/C18H21N5O2S/c1-11-15(12(2)23-17(19-11)21-18(22-23)26-4)9-10-16(24)20-13-5-7-14(25-3)8-6-13/h5-8H,9-10H2,1-4H3,(H,20,24). The van der Waals surface area contributed by atoms with Crippen LogP contribution in [0.5, 0.6) is 5.75 Å². The lowest BCUT2D eigenvalue weighted by molar-refractivity contribution is -0.116. The van der Waals surface area contributed by atoms with Crippen molar-refractivity contribution < 1.29 is 9.53 Å². The maximum Gasteiger partial charge on any atom is 0.253 e. The van der Waals surface area contributed by atoms with Gasteiger partial charge in [-0.25, -0.2) is 9.50 Å². The zero-order valence-electron chi connectivity index (χ0n) is 15.2. The first-order valence-corrected chi connectivity index (χ1v) is 9.45. The summed E-state index contributed by atoms with van der Waals surface area (Å²) >= 11 is 1.48. The molecule has 0 radical (unpaired) electrons. The minimum absolute atomic E-state index is 0.0440. The zero-order chi connectivity index (χ0) is 18.7. The SMILES string of the molecule is COc1ccc(NC(=O)CCc2c(C)nc3nc(SC)nn3c2C)cc1. The molecule has 2 heterocycles. The Morgan fingerprint density at radius 2 is 1.96 bits per heavy atom. The summed E-state index contributed by atoms with van der Waals surface area (Å²) < 4.78 is 6.86. The third-order valence-corrected chi connectivity index (χ3v) is 4.73. The first-order chi connectivity index (χ1) is 12.5. The summed E-state index contributed by atoms with van der Waals surface area (Å²) in [5.41, 5.74) is 3.63. The number of nitrogens with zero attached hydrogens (tertiary/aromatic N) is 4. The highest BCUT2D eigenvalue weighted by Gasteiger charge is 2.14. The molecule has 136 valence electrons. The second kappa shape index (κ2) is 7.74. The van der Waals surface area contributed by atoms with Gasteiger partial charge in [0.1, 0.15) is 5.75 Å². The van der Waals surface area contributed by atoms with Crippen LogP contribution in [0.2, 0.25) is 0 Å². The van der Waals surface area contributed by atoms with E-state index in [4.69, 9.17) is 4.74 Å². The Bertz CT molecular complexity index is 937. The van der Waals surface area contributed by atoms with Crippen LogP contribution in [0.4, 0.5) is 5.69 Å². The molecule has 26 heavy (non-hydrogen) atoms. The van der Waals surface area contributed by atoms with Crippen molar-refractivity contribution in [2.24, 2.45) is 0 Å². The lowest BCUT2D eigenvalue weighted by atomic mass is 10.1. The number of benzene rings is 1. The van der Waals surface area contributed by atoms with Gasteiger partial charge in [0, 0.05) is 23.5 Å². The van der Waals surface area contributed by atoms with Crippen molar-refractivity contribution in [3.8, 4) is 5.75 Å². The summed E-state index contributed by atoms with van der Waals surface area (Å²) in [5, 5.41) is 8.03. The Labute approximate surface area is 156 Å². The van der Waals surface area contributed by atoms with Crippen molar-refractivity contribution in [3.05, 3.63) is 41.2 Å². The van der Waals surface area contributed by atoms with Crippen LogP contribution in [0.1, 0.15) is 23.4 Å². The number of aromatic nitrogens is 4. The minimum atomic E-state index is -0.0440. The topological polar surface area (TPSA) is 81.4 Å². The van der Waals surface area contributed by atoms with E-state index in [0.717, 1.165) is 28.4 Å². The summed E-state index contributed by atoms with van der Waals surface area (Å²) in [6.07, 6.45) is 2.89. The van der Waals surface area contributed by atoms with Gasteiger partial charge in [0.2, 0.25) is 11.1 Å². The first kappa shape index (κ1) is 18.2. The van der Waals surface area contributed by atoms with Gasteiger partial charge in [-0.3, -0.25) is 4.79 Å². The summed E-state index contributed by atoms with van der Waals surface area (Å²) in [6.45, 7) is 3.92. The number of ether oxygens (including phenoxy) is 1.